The predicted octanol–water partition coefficient (Wildman–Crippen LogP) is 1.74. The lowest BCUT2D eigenvalue weighted by Gasteiger charge is -2.03. The minimum Gasteiger partial charge on any atom is -0.390 e. The zero-order valence-corrected chi connectivity index (χ0v) is 9.71. The van der Waals surface area contributed by atoms with Crippen LogP contribution >= 0.6 is 11.8 Å². The fraction of sp³-hybridized carbons (Fsp3) is 0.200. The van der Waals surface area contributed by atoms with Gasteiger partial charge >= 0.3 is 0 Å². The minimum absolute atomic E-state index is 0.0459. The molecule has 90 valence electrons. The lowest BCUT2D eigenvalue weighted by Crippen LogP contribution is -1.98. The SMILES string of the molecule is Cn1c(CO)cnc1Sc1ncc(F)cc1F. The van der Waals surface area contributed by atoms with Gasteiger partial charge in [-0.25, -0.2) is 18.7 Å². The highest BCUT2D eigenvalue weighted by molar-refractivity contribution is 7.99. The molecular weight excluding hydrogens is 248 g/mol. The molecule has 0 bridgehead atoms. The first-order valence-electron chi connectivity index (χ1n) is 4.72. The molecule has 2 rings (SSSR count). The lowest BCUT2D eigenvalue weighted by atomic mass is 10.5. The Morgan fingerprint density at radius 2 is 2.12 bits per heavy atom. The van der Waals surface area contributed by atoms with Crippen molar-refractivity contribution in [2.45, 2.75) is 16.8 Å². The molecule has 1 N–H and O–H groups in total. The van der Waals surface area contributed by atoms with E-state index in [0.717, 1.165) is 24.0 Å². The van der Waals surface area contributed by atoms with Gasteiger partial charge in [-0.05, 0) is 11.8 Å². The molecule has 0 aromatic carbocycles. The van der Waals surface area contributed by atoms with Crippen molar-refractivity contribution < 1.29 is 13.9 Å². The van der Waals surface area contributed by atoms with Gasteiger partial charge in [-0.2, -0.15) is 0 Å². The molecule has 0 saturated heterocycles. The van der Waals surface area contributed by atoms with Gasteiger partial charge in [0.15, 0.2) is 11.0 Å². The minimum atomic E-state index is -0.733. The Morgan fingerprint density at radius 1 is 1.35 bits per heavy atom. The first-order chi connectivity index (χ1) is 8.11. The molecule has 0 aliphatic heterocycles. The number of halogens is 2. The van der Waals surface area contributed by atoms with E-state index in [-0.39, 0.29) is 11.6 Å². The molecule has 0 fully saturated rings. The standard InChI is InChI=1S/C10H9F2N3OS/c1-15-7(5-16)4-14-10(15)17-9-8(12)2-6(11)3-13-9/h2-4,16H,5H2,1H3. The van der Waals surface area contributed by atoms with E-state index < -0.39 is 11.6 Å². The molecule has 0 saturated carbocycles. The van der Waals surface area contributed by atoms with Crippen molar-refractivity contribution in [1.82, 2.24) is 14.5 Å². The number of imidazole rings is 1. The summed E-state index contributed by atoms with van der Waals surface area (Å²) in [6.45, 7) is -0.149. The van der Waals surface area contributed by atoms with E-state index >= 15 is 0 Å². The second kappa shape index (κ2) is 4.80. The number of aliphatic hydroxyl groups is 1. The van der Waals surface area contributed by atoms with E-state index in [0.29, 0.717) is 10.9 Å². The van der Waals surface area contributed by atoms with Crippen molar-refractivity contribution in [3.63, 3.8) is 0 Å². The van der Waals surface area contributed by atoms with Gasteiger partial charge in [0.2, 0.25) is 0 Å². The fourth-order valence-corrected chi connectivity index (χ4v) is 2.03. The molecule has 0 amide bonds. The number of pyridine rings is 1. The third-order valence-corrected chi connectivity index (χ3v) is 3.22. The molecule has 7 heteroatoms. The van der Waals surface area contributed by atoms with Gasteiger partial charge in [-0.15, -0.1) is 0 Å². The van der Waals surface area contributed by atoms with Crippen molar-refractivity contribution in [1.29, 1.82) is 0 Å². The van der Waals surface area contributed by atoms with Crippen LogP contribution in [0.2, 0.25) is 0 Å². The monoisotopic (exact) mass is 257 g/mol. The highest BCUT2D eigenvalue weighted by atomic mass is 32.2. The van der Waals surface area contributed by atoms with Crippen LogP contribution in [0.1, 0.15) is 5.69 Å². The van der Waals surface area contributed by atoms with Crippen LogP contribution in [0.4, 0.5) is 8.78 Å². The van der Waals surface area contributed by atoms with Crippen LogP contribution in [0, 0.1) is 11.6 Å². The summed E-state index contributed by atoms with van der Waals surface area (Å²) < 4.78 is 27.6. The molecular formula is C10H9F2N3OS. The smallest absolute Gasteiger partial charge is 0.174 e. The van der Waals surface area contributed by atoms with Crippen molar-refractivity contribution >= 4 is 11.8 Å². The number of aliphatic hydroxyl groups excluding tert-OH is 1. The summed E-state index contributed by atoms with van der Waals surface area (Å²) >= 11 is 0.974. The van der Waals surface area contributed by atoms with Crippen LogP contribution in [0.25, 0.3) is 0 Å². The first-order valence-corrected chi connectivity index (χ1v) is 5.54. The van der Waals surface area contributed by atoms with Gasteiger partial charge in [-0.3, -0.25) is 0 Å². The number of rotatable bonds is 3. The topological polar surface area (TPSA) is 50.9 Å². The summed E-state index contributed by atoms with van der Waals surface area (Å²) in [7, 11) is 1.70. The highest BCUT2D eigenvalue weighted by Crippen LogP contribution is 2.27. The van der Waals surface area contributed by atoms with E-state index in [1.807, 2.05) is 0 Å². The van der Waals surface area contributed by atoms with Gasteiger partial charge in [0.1, 0.15) is 10.8 Å². The Labute approximate surface area is 100 Å². The Bertz CT molecular complexity index is 544. The van der Waals surface area contributed by atoms with E-state index in [9.17, 15) is 8.78 Å². The van der Waals surface area contributed by atoms with Crippen molar-refractivity contribution in [3.05, 3.63) is 35.8 Å². The summed E-state index contributed by atoms with van der Waals surface area (Å²) in [5.41, 5.74) is 0.606. The van der Waals surface area contributed by atoms with Crippen LogP contribution in [-0.2, 0) is 13.7 Å². The van der Waals surface area contributed by atoms with E-state index in [2.05, 4.69) is 9.97 Å². The fourth-order valence-electron chi connectivity index (χ4n) is 1.23. The van der Waals surface area contributed by atoms with E-state index in [1.54, 1.807) is 11.6 Å². The summed E-state index contributed by atoms with van der Waals surface area (Å²) in [5, 5.41) is 9.50. The molecule has 4 nitrogen and oxygen atoms in total. The molecule has 0 aliphatic carbocycles. The molecule has 2 aromatic rings. The van der Waals surface area contributed by atoms with Gasteiger partial charge in [-0.1, -0.05) is 0 Å². The molecule has 0 unspecified atom stereocenters. The number of hydrogen-bond donors (Lipinski definition) is 1. The van der Waals surface area contributed by atoms with Crippen LogP contribution in [0.3, 0.4) is 0 Å². The largest absolute Gasteiger partial charge is 0.390 e. The van der Waals surface area contributed by atoms with Gasteiger partial charge in [0.25, 0.3) is 0 Å². The average molecular weight is 257 g/mol. The zero-order valence-electron chi connectivity index (χ0n) is 8.89. The Balaban J connectivity index is 2.28. The highest BCUT2D eigenvalue weighted by Gasteiger charge is 2.12. The van der Waals surface area contributed by atoms with Gasteiger partial charge in [0, 0.05) is 13.1 Å². The van der Waals surface area contributed by atoms with Crippen LogP contribution < -0.4 is 0 Å². The normalized spacial score (nSPS) is 10.8. The van der Waals surface area contributed by atoms with Crippen LogP contribution in [-0.4, -0.2) is 19.6 Å². The number of aromatic nitrogens is 3. The Kier molecular flexibility index (Phi) is 3.39. The molecule has 2 aromatic heterocycles. The summed E-state index contributed by atoms with van der Waals surface area (Å²) in [6, 6.07) is 0.769. The van der Waals surface area contributed by atoms with E-state index in [1.165, 1.54) is 6.20 Å². The third-order valence-electron chi connectivity index (χ3n) is 2.17. The summed E-state index contributed by atoms with van der Waals surface area (Å²) in [6.07, 6.45) is 2.44. The Hall–Kier alpha value is -1.47. The first kappa shape index (κ1) is 12.0. The zero-order chi connectivity index (χ0) is 12.4. The second-order valence-corrected chi connectivity index (χ2v) is 4.25. The van der Waals surface area contributed by atoms with Crippen molar-refractivity contribution in [2.75, 3.05) is 0 Å². The van der Waals surface area contributed by atoms with E-state index in [4.69, 9.17) is 5.11 Å². The Morgan fingerprint density at radius 3 is 2.71 bits per heavy atom. The second-order valence-electron chi connectivity index (χ2n) is 3.29. The number of hydrogen-bond acceptors (Lipinski definition) is 4. The molecule has 0 aliphatic rings. The van der Waals surface area contributed by atoms with Crippen molar-refractivity contribution in [3.8, 4) is 0 Å². The molecule has 17 heavy (non-hydrogen) atoms. The molecule has 0 atom stereocenters. The van der Waals surface area contributed by atoms with Crippen LogP contribution in [0.5, 0.6) is 0 Å². The lowest BCUT2D eigenvalue weighted by molar-refractivity contribution is 0.271. The predicted molar refractivity (Wildman–Crippen MR) is 57.4 cm³/mol. The summed E-state index contributed by atoms with van der Waals surface area (Å²) in [4.78, 5) is 7.66. The molecule has 0 radical (unpaired) electrons. The number of nitrogens with zero attached hydrogens (tertiary/aromatic N) is 3. The van der Waals surface area contributed by atoms with Crippen molar-refractivity contribution in [2.24, 2.45) is 7.05 Å². The maximum Gasteiger partial charge on any atom is 0.174 e. The summed E-state index contributed by atoms with van der Waals surface area (Å²) in [5.74, 6) is -1.45. The third kappa shape index (κ3) is 2.45. The molecule has 2 heterocycles. The van der Waals surface area contributed by atoms with Crippen LogP contribution in [0.15, 0.2) is 28.6 Å². The maximum atomic E-state index is 13.3. The average Bonchev–Trinajstić information content (AvgIpc) is 2.64. The quantitative estimate of drug-likeness (QED) is 0.910. The van der Waals surface area contributed by atoms with Gasteiger partial charge in [0.05, 0.1) is 24.7 Å². The maximum absolute atomic E-state index is 13.3. The van der Waals surface area contributed by atoms with Gasteiger partial charge < -0.3 is 9.67 Å². The molecule has 0 spiro atoms.